The molecular formula is C23H25FN6O2S. The molecule has 1 aromatic carbocycles. The van der Waals surface area contributed by atoms with E-state index in [9.17, 15) is 9.18 Å². The van der Waals surface area contributed by atoms with Crippen LogP contribution < -0.4 is 14.8 Å². The fourth-order valence-corrected chi connectivity index (χ4v) is 3.91. The Hall–Kier alpha value is -3.27. The van der Waals surface area contributed by atoms with Crippen LogP contribution in [0, 0.1) is 5.82 Å². The maximum absolute atomic E-state index is 14.8. The Kier molecular flexibility index (Phi) is 7.33. The number of amides is 1. The van der Waals surface area contributed by atoms with Gasteiger partial charge in [0.05, 0.1) is 42.0 Å². The molecule has 1 amide bonds. The van der Waals surface area contributed by atoms with Gasteiger partial charge < -0.3 is 10.1 Å². The van der Waals surface area contributed by atoms with Crippen LogP contribution in [0.15, 0.2) is 42.9 Å². The molecule has 33 heavy (non-hydrogen) atoms. The molecule has 0 bridgehead atoms. The minimum Gasteiger partial charge on any atom is -0.477 e. The van der Waals surface area contributed by atoms with Crippen molar-refractivity contribution < 1.29 is 13.9 Å². The summed E-state index contributed by atoms with van der Waals surface area (Å²) < 4.78 is 23.3. The van der Waals surface area contributed by atoms with Crippen LogP contribution in [0.2, 0.25) is 0 Å². The number of anilines is 2. The van der Waals surface area contributed by atoms with Gasteiger partial charge in [0.15, 0.2) is 0 Å². The molecule has 172 valence electrons. The summed E-state index contributed by atoms with van der Waals surface area (Å²) in [4.78, 5) is 30.1. The summed E-state index contributed by atoms with van der Waals surface area (Å²) in [7, 11) is 0. The van der Waals surface area contributed by atoms with Gasteiger partial charge >= 0.3 is 0 Å². The first-order valence-electron chi connectivity index (χ1n) is 10.9. The number of carbonyl (C=O) groups is 1. The van der Waals surface area contributed by atoms with Crippen LogP contribution in [0.4, 0.5) is 16.0 Å². The lowest BCUT2D eigenvalue weighted by molar-refractivity contribution is -0.117. The first-order valence-corrected chi connectivity index (χ1v) is 11.8. The number of rotatable bonds is 10. The van der Waals surface area contributed by atoms with E-state index in [1.165, 1.54) is 37.4 Å². The third-order valence-corrected chi connectivity index (χ3v) is 6.13. The smallest absolute Gasteiger partial charge is 0.233 e. The zero-order valence-corrected chi connectivity index (χ0v) is 19.2. The number of nitrogens with one attached hydrogen (secondary N) is 2. The molecule has 0 radical (unpaired) electrons. The molecule has 2 N–H and O–H groups in total. The summed E-state index contributed by atoms with van der Waals surface area (Å²) >= 11 is 1.60. The molecule has 0 aliphatic heterocycles. The topological polar surface area (TPSA) is 102 Å². The highest BCUT2D eigenvalue weighted by molar-refractivity contribution is 8.01. The second-order valence-corrected chi connectivity index (χ2v) is 8.65. The zero-order chi connectivity index (χ0) is 23.2. The molecule has 1 atom stereocenters. The van der Waals surface area contributed by atoms with E-state index in [2.05, 4.69) is 30.0 Å². The summed E-state index contributed by atoms with van der Waals surface area (Å²) in [6.07, 6.45) is 7.54. The number of carbonyl (C=O) groups excluding carboxylic acids is 1. The highest BCUT2D eigenvalue weighted by Gasteiger charge is 2.24. The van der Waals surface area contributed by atoms with Gasteiger partial charge in [0.25, 0.3) is 0 Å². The monoisotopic (exact) mass is 468 g/mol. The molecule has 0 spiro atoms. The van der Waals surface area contributed by atoms with Gasteiger partial charge in [0.2, 0.25) is 17.7 Å². The molecule has 0 saturated heterocycles. The van der Waals surface area contributed by atoms with Crippen LogP contribution in [0.3, 0.4) is 0 Å². The van der Waals surface area contributed by atoms with Gasteiger partial charge in [-0.15, -0.1) is 0 Å². The van der Waals surface area contributed by atoms with Crippen molar-refractivity contribution in [2.24, 2.45) is 0 Å². The molecule has 1 fully saturated rings. The van der Waals surface area contributed by atoms with Crippen LogP contribution in [0.1, 0.15) is 44.7 Å². The molecule has 3 aromatic rings. The van der Waals surface area contributed by atoms with Gasteiger partial charge in [0, 0.05) is 17.0 Å². The first-order chi connectivity index (χ1) is 16.1. The van der Waals surface area contributed by atoms with Gasteiger partial charge in [-0.2, -0.15) is 0 Å². The number of hydrogen-bond acceptors (Lipinski definition) is 8. The van der Waals surface area contributed by atoms with Crippen LogP contribution >= 0.6 is 11.9 Å². The quantitative estimate of drug-likeness (QED) is 0.408. The lowest BCUT2D eigenvalue weighted by Gasteiger charge is -2.16. The molecule has 2 aromatic heterocycles. The summed E-state index contributed by atoms with van der Waals surface area (Å²) in [6.45, 7) is 4.20. The van der Waals surface area contributed by atoms with E-state index in [0.717, 1.165) is 0 Å². The van der Waals surface area contributed by atoms with Crippen molar-refractivity contribution in [1.29, 1.82) is 0 Å². The average Bonchev–Trinajstić information content (AvgIpc) is 3.65. The van der Waals surface area contributed by atoms with E-state index in [0.29, 0.717) is 47.1 Å². The molecule has 1 saturated carbocycles. The fourth-order valence-electron chi connectivity index (χ4n) is 3.17. The van der Waals surface area contributed by atoms with Gasteiger partial charge in [-0.3, -0.25) is 14.5 Å². The standard InChI is InChI=1S/C23H25FN6O2S/c1-3-16(18-9-10-26-23(29-18)30-33-15-6-7-15)22(31)28-19-8-5-14(11-17(19)24)20-12-25-13-21(27-20)32-4-2/h5,8-13,15-16H,3-4,6-7H2,1-2H3,(H,28,31)(H,26,29,30). The van der Waals surface area contributed by atoms with Gasteiger partial charge in [-0.05, 0) is 56.3 Å². The van der Waals surface area contributed by atoms with Gasteiger partial charge in [-0.25, -0.2) is 19.3 Å². The number of nitrogens with zero attached hydrogens (tertiary/aromatic N) is 4. The average molecular weight is 469 g/mol. The van der Waals surface area contributed by atoms with Crippen molar-refractivity contribution in [2.45, 2.75) is 44.3 Å². The summed E-state index contributed by atoms with van der Waals surface area (Å²) in [5.74, 6) is -0.589. The third-order valence-electron chi connectivity index (χ3n) is 5.03. The fraction of sp³-hybridized carbons (Fsp3) is 0.348. The second kappa shape index (κ2) is 10.6. The molecule has 4 rings (SSSR count). The molecule has 1 unspecified atom stereocenters. The van der Waals surface area contributed by atoms with E-state index in [4.69, 9.17) is 4.74 Å². The van der Waals surface area contributed by atoms with Crippen LogP contribution in [-0.4, -0.2) is 37.7 Å². The second-order valence-electron chi connectivity index (χ2n) is 7.54. The van der Waals surface area contributed by atoms with Crippen molar-refractivity contribution in [2.75, 3.05) is 16.6 Å². The minimum absolute atomic E-state index is 0.0906. The van der Waals surface area contributed by atoms with E-state index in [1.54, 1.807) is 30.3 Å². The Labute approximate surface area is 196 Å². The molecule has 1 aliphatic rings. The van der Waals surface area contributed by atoms with Crippen molar-refractivity contribution in [3.63, 3.8) is 0 Å². The molecule has 10 heteroatoms. The SMILES string of the molecule is CCOc1cncc(-c2ccc(NC(=O)C(CC)c3ccnc(NSC4CC4)n3)c(F)c2)n1. The van der Waals surface area contributed by atoms with Crippen LogP contribution in [0.25, 0.3) is 11.3 Å². The molecule has 2 heterocycles. The largest absolute Gasteiger partial charge is 0.477 e. The summed E-state index contributed by atoms with van der Waals surface area (Å²) in [5, 5.41) is 3.29. The third kappa shape index (κ3) is 5.95. The van der Waals surface area contributed by atoms with Crippen molar-refractivity contribution in [3.8, 4) is 17.1 Å². The Bertz CT molecular complexity index is 1130. The summed E-state index contributed by atoms with van der Waals surface area (Å²) in [6, 6.07) is 6.23. The maximum atomic E-state index is 14.8. The minimum atomic E-state index is -0.565. The number of benzene rings is 1. The van der Waals surface area contributed by atoms with E-state index >= 15 is 0 Å². The van der Waals surface area contributed by atoms with Crippen molar-refractivity contribution in [1.82, 2.24) is 19.9 Å². The van der Waals surface area contributed by atoms with Gasteiger partial charge in [0.1, 0.15) is 5.82 Å². The van der Waals surface area contributed by atoms with Gasteiger partial charge in [-0.1, -0.05) is 13.0 Å². The molecule has 8 nitrogen and oxygen atoms in total. The Morgan fingerprint density at radius 1 is 1.24 bits per heavy atom. The Balaban J connectivity index is 1.46. The first kappa shape index (κ1) is 22.9. The summed E-state index contributed by atoms with van der Waals surface area (Å²) in [5.41, 5.74) is 1.69. The Morgan fingerprint density at radius 2 is 2.09 bits per heavy atom. The lowest BCUT2D eigenvalue weighted by Crippen LogP contribution is -2.22. The molecule has 1 aliphatic carbocycles. The Morgan fingerprint density at radius 3 is 2.82 bits per heavy atom. The number of halogens is 1. The predicted octanol–water partition coefficient (Wildman–Crippen LogP) is 4.83. The van der Waals surface area contributed by atoms with Crippen LogP contribution in [0.5, 0.6) is 5.88 Å². The van der Waals surface area contributed by atoms with Crippen molar-refractivity contribution in [3.05, 3.63) is 54.4 Å². The number of hydrogen-bond donors (Lipinski definition) is 2. The predicted molar refractivity (Wildman–Crippen MR) is 127 cm³/mol. The normalized spacial score (nSPS) is 13.9. The molecular weight excluding hydrogens is 443 g/mol. The highest BCUT2D eigenvalue weighted by Crippen LogP contribution is 2.34. The lowest BCUT2D eigenvalue weighted by atomic mass is 10.0. The highest BCUT2D eigenvalue weighted by atomic mass is 32.2. The zero-order valence-electron chi connectivity index (χ0n) is 18.4. The number of ether oxygens (including phenoxy) is 1. The van der Waals surface area contributed by atoms with E-state index in [-0.39, 0.29) is 11.6 Å². The van der Waals surface area contributed by atoms with E-state index < -0.39 is 11.7 Å². The van der Waals surface area contributed by atoms with Crippen molar-refractivity contribution >= 4 is 29.5 Å². The number of aromatic nitrogens is 4. The maximum Gasteiger partial charge on any atom is 0.233 e. The van der Waals surface area contributed by atoms with Crippen LogP contribution in [-0.2, 0) is 4.79 Å². The van der Waals surface area contributed by atoms with E-state index in [1.807, 2.05) is 13.8 Å².